The van der Waals surface area contributed by atoms with E-state index >= 15 is 0 Å². The Hall–Kier alpha value is -0.830. The van der Waals surface area contributed by atoms with Crippen LogP contribution in [0, 0.1) is 0 Å². The summed E-state index contributed by atoms with van der Waals surface area (Å²) in [5, 5.41) is 0. The lowest BCUT2D eigenvalue weighted by Gasteiger charge is -2.07. The second-order valence-corrected chi connectivity index (χ2v) is 8.86. The average molecular weight is 343 g/mol. The summed E-state index contributed by atoms with van der Waals surface area (Å²) in [6.07, 6.45) is 1.11. The van der Waals surface area contributed by atoms with E-state index in [0.29, 0.717) is 5.75 Å². The van der Waals surface area contributed by atoms with Crippen molar-refractivity contribution in [3.05, 3.63) is 24.3 Å². The minimum Gasteiger partial charge on any atom is -0.491 e. The van der Waals surface area contributed by atoms with E-state index in [4.69, 9.17) is 20.2 Å². The van der Waals surface area contributed by atoms with Gasteiger partial charge in [-0.2, -0.15) is 0 Å². The van der Waals surface area contributed by atoms with Crippen LogP contribution < -0.4 is 4.74 Å². The molecule has 9 heteroatoms. The first kappa shape index (κ1) is 17.2. The van der Waals surface area contributed by atoms with Gasteiger partial charge in [-0.05, 0) is 18.2 Å². The number of halogens is 1. The smallest absolute Gasteiger partial charge is 0.234 e. The van der Waals surface area contributed by atoms with E-state index in [1.165, 1.54) is 12.1 Å². The Kier molecular flexibility index (Phi) is 6.25. The van der Waals surface area contributed by atoms with Gasteiger partial charge in [-0.15, -0.1) is 0 Å². The van der Waals surface area contributed by atoms with Crippen LogP contribution in [0.25, 0.3) is 0 Å². The van der Waals surface area contributed by atoms with E-state index in [-0.39, 0.29) is 30.5 Å². The van der Waals surface area contributed by atoms with Crippen LogP contribution in [0.5, 0.6) is 5.75 Å². The van der Waals surface area contributed by atoms with Crippen molar-refractivity contribution >= 4 is 29.6 Å². The lowest BCUT2D eigenvalue weighted by molar-refractivity contribution is 0.111. The summed E-state index contributed by atoms with van der Waals surface area (Å²) in [7, 11) is -1.81. The van der Waals surface area contributed by atoms with Gasteiger partial charge in [-0.25, -0.2) is 16.8 Å². The fourth-order valence-corrected chi connectivity index (χ4v) is 2.44. The fourth-order valence-electron chi connectivity index (χ4n) is 1.27. The highest BCUT2D eigenvalue weighted by atomic mass is 35.7. The molecule has 0 amide bonds. The van der Waals surface area contributed by atoms with Crippen molar-refractivity contribution in [3.63, 3.8) is 0 Å². The summed E-state index contributed by atoms with van der Waals surface area (Å²) in [5.74, 6) is 0.138. The first-order valence-electron chi connectivity index (χ1n) is 5.61. The van der Waals surface area contributed by atoms with Crippen LogP contribution >= 0.6 is 10.7 Å². The quantitative estimate of drug-likeness (QED) is 0.518. The molecule has 0 aliphatic rings. The number of sulfone groups is 1. The standard InChI is InChI=1S/C11H15ClO6S2/c1-19(13,14)11-4-2-3-10(9-11)18-6-5-17-7-8-20(12,15)16/h2-4,9H,5-8H2,1H3. The molecule has 0 N–H and O–H groups in total. The molecule has 0 saturated carbocycles. The molecule has 0 radical (unpaired) electrons. The Labute approximate surface area is 123 Å². The van der Waals surface area contributed by atoms with Crippen molar-refractivity contribution in [2.75, 3.05) is 31.8 Å². The van der Waals surface area contributed by atoms with Crippen molar-refractivity contribution in [3.8, 4) is 5.75 Å². The molecule has 20 heavy (non-hydrogen) atoms. The van der Waals surface area contributed by atoms with Crippen LogP contribution in [-0.4, -0.2) is 48.7 Å². The third-order valence-corrected chi connectivity index (χ3v) is 4.43. The zero-order valence-corrected chi connectivity index (χ0v) is 13.2. The van der Waals surface area contributed by atoms with Crippen molar-refractivity contribution < 1.29 is 26.3 Å². The van der Waals surface area contributed by atoms with Crippen molar-refractivity contribution in [1.29, 1.82) is 0 Å². The summed E-state index contributed by atoms with van der Waals surface area (Å²) in [6, 6.07) is 6.09. The van der Waals surface area contributed by atoms with Crippen LogP contribution in [-0.2, 0) is 23.6 Å². The third kappa shape index (κ3) is 7.09. The van der Waals surface area contributed by atoms with E-state index in [1.807, 2.05) is 0 Å². The Morgan fingerprint density at radius 3 is 2.40 bits per heavy atom. The molecule has 114 valence electrons. The van der Waals surface area contributed by atoms with Gasteiger partial charge in [0.25, 0.3) is 0 Å². The molecule has 0 bridgehead atoms. The molecule has 0 heterocycles. The van der Waals surface area contributed by atoms with Crippen LogP contribution in [0.1, 0.15) is 0 Å². The molecule has 1 aromatic carbocycles. The molecule has 6 nitrogen and oxygen atoms in total. The molecule has 0 saturated heterocycles. The predicted octanol–water partition coefficient (Wildman–Crippen LogP) is 1.05. The van der Waals surface area contributed by atoms with E-state index in [1.54, 1.807) is 12.1 Å². The third-order valence-electron chi connectivity index (χ3n) is 2.20. The van der Waals surface area contributed by atoms with Crippen molar-refractivity contribution in [2.45, 2.75) is 4.90 Å². The first-order chi connectivity index (χ1) is 9.18. The summed E-state index contributed by atoms with van der Waals surface area (Å²) >= 11 is 0. The molecule has 0 unspecified atom stereocenters. The fraction of sp³-hybridized carbons (Fsp3) is 0.455. The highest BCUT2D eigenvalue weighted by Crippen LogP contribution is 2.17. The number of rotatable bonds is 8. The Morgan fingerprint density at radius 2 is 1.80 bits per heavy atom. The SMILES string of the molecule is CS(=O)(=O)c1cccc(OCCOCCS(=O)(=O)Cl)c1. The number of benzene rings is 1. The van der Waals surface area contributed by atoms with E-state index in [9.17, 15) is 16.8 Å². The average Bonchev–Trinajstić information content (AvgIpc) is 2.31. The maximum atomic E-state index is 11.3. The minimum absolute atomic E-state index is 0.0153. The lowest BCUT2D eigenvalue weighted by Crippen LogP contribution is -2.12. The van der Waals surface area contributed by atoms with Crippen LogP contribution in [0.2, 0.25) is 0 Å². The Bertz CT molecular complexity index is 639. The minimum atomic E-state index is -3.55. The Morgan fingerprint density at radius 1 is 1.10 bits per heavy atom. The zero-order valence-electron chi connectivity index (χ0n) is 10.8. The molecule has 0 aromatic heterocycles. The molecule has 0 aliphatic heterocycles. The monoisotopic (exact) mass is 342 g/mol. The van der Waals surface area contributed by atoms with E-state index in [2.05, 4.69) is 0 Å². The van der Waals surface area contributed by atoms with Gasteiger partial charge in [0.05, 0.1) is 23.9 Å². The largest absolute Gasteiger partial charge is 0.491 e. The van der Waals surface area contributed by atoms with Crippen LogP contribution in [0.4, 0.5) is 0 Å². The number of hydrogen-bond donors (Lipinski definition) is 0. The van der Waals surface area contributed by atoms with Crippen LogP contribution in [0.15, 0.2) is 29.2 Å². The second-order valence-electron chi connectivity index (χ2n) is 3.95. The van der Waals surface area contributed by atoms with Crippen LogP contribution in [0.3, 0.4) is 0 Å². The Balaban J connectivity index is 2.36. The molecular formula is C11H15ClO6S2. The lowest BCUT2D eigenvalue weighted by atomic mass is 10.3. The molecule has 1 rings (SSSR count). The normalized spacial score (nSPS) is 12.3. The highest BCUT2D eigenvalue weighted by molar-refractivity contribution is 8.13. The molecule has 1 aromatic rings. The topological polar surface area (TPSA) is 86.7 Å². The van der Waals surface area contributed by atoms with E-state index in [0.717, 1.165) is 6.26 Å². The number of hydrogen-bond acceptors (Lipinski definition) is 6. The van der Waals surface area contributed by atoms with Gasteiger partial charge in [0.2, 0.25) is 9.05 Å². The van der Waals surface area contributed by atoms with Gasteiger partial charge < -0.3 is 9.47 Å². The maximum Gasteiger partial charge on any atom is 0.234 e. The molecule has 0 aliphatic carbocycles. The molecule has 0 spiro atoms. The zero-order chi connectivity index (χ0) is 15.2. The number of ether oxygens (including phenoxy) is 2. The summed E-state index contributed by atoms with van der Waals surface area (Å²) in [6.45, 7) is 0.337. The van der Waals surface area contributed by atoms with Gasteiger partial charge in [-0.3, -0.25) is 0 Å². The summed E-state index contributed by atoms with van der Waals surface area (Å²) < 4.78 is 54.2. The van der Waals surface area contributed by atoms with Gasteiger partial charge >= 0.3 is 0 Å². The predicted molar refractivity (Wildman–Crippen MR) is 75.5 cm³/mol. The highest BCUT2D eigenvalue weighted by Gasteiger charge is 2.08. The van der Waals surface area contributed by atoms with Gasteiger partial charge in [0.1, 0.15) is 12.4 Å². The van der Waals surface area contributed by atoms with Gasteiger partial charge in [0, 0.05) is 16.9 Å². The second kappa shape index (κ2) is 7.26. The molecule has 0 fully saturated rings. The summed E-state index contributed by atoms with van der Waals surface area (Å²) in [4.78, 5) is 0.171. The maximum absolute atomic E-state index is 11.3. The molecule has 0 atom stereocenters. The molecular weight excluding hydrogens is 328 g/mol. The van der Waals surface area contributed by atoms with Gasteiger partial charge in [-0.1, -0.05) is 6.07 Å². The van der Waals surface area contributed by atoms with Crippen molar-refractivity contribution in [1.82, 2.24) is 0 Å². The van der Waals surface area contributed by atoms with Crippen molar-refractivity contribution in [2.24, 2.45) is 0 Å². The first-order valence-corrected chi connectivity index (χ1v) is 9.98. The van der Waals surface area contributed by atoms with E-state index < -0.39 is 18.9 Å². The van der Waals surface area contributed by atoms with Gasteiger partial charge in [0.15, 0.2) is 9.84 Å². The summed E-state index contributed by atoms with van der Waals surface area (Å²) in [5.41, 5.74) is 0.